The molecule has 0 saturated heterocycles. The number of aliphatic hydroxyl groups is 2. The van der Waals surface area contributed by atoms with Gasteiger partial charge in [0.15, 0.2) is 0 Å². The normalized spacial score (nSPS) is 12.6. The summed E-state index contributed by atoms with van der Waals surface area (Å²) in [5.74, 6) is -0.377. The van der Waals surface area contributed by atoms with E-state index in [4.69, 9.17) is 14.7 Å². The van der Waals surface area contributed by atoms with Crippen LogP contribution < -0.4 is 5.32 Å². The van der Waals surface area contributed by atoms with Gasteiger partial charge >= 0.3 is 0 Å². The average molecular weight is 251 g/mol. The van der Waals surface area contributed by atoms with Crippen molar-refractivity contribution in [2.45, 2.75) is 13.0 Å². The lowest BCUT2D eigenvalue weighted by Crippen LogP contribution is -2.33. The number of hydrogen-bond donors (Lipinski definition) is 3. The maximum Gasteiger partial charge on any atom is 0.257 e. The van der Waals surface area contributed by atoms with Crippen molar-refractivity contribution in [3.05, 3.63) is 23.5 Å². The molecule has 96 valence electrons. The third kappa shape index (κ3) is 2.47. The zero-order valence-corrected chi connectivity index (χ0v) is 9.75. The Bertz CT molecular complexity index is 566. The Kier molecular flexibility index (Phi) is 3.54. The van der Waals surface area contributed by atoms with Crippen molar-refractivity contribution >= 4 is 17.0 Å². The lowest BCUT2D eigenvalue weighted by molar-refractivity contribution is 0.0802. The number of carbonyl (C=O) groups excluding carboxylic acids is 1. The first-order chi connectivity index (χ1) is 8.61. The molecule has 0 bridgehead atoms. The monoisotopic (exact) mass is 251 g/mol. The molecule has 3 N–H and O–H groups in total. The van der Waals surface area contributed by atoms with E-state index in [2.05, 4.69) is 15.5 Å². The molecule has 2 aromatic heterocycles. The highest BCUT2D eigenvalue weighted by Crippen LogP contribution is 2.16. The van der Waals surface area contributed by atoms with Gasteiger partial charge in [-0.1, -0.05) is 5.16 Å². The summed E-state index contributed by atoms with van der Waals surface area (Å²) in [5, 5.41) is 24.7. The first-order valence-electron chi connectivity index (χ1n) is 5.41. The summed E-state index contributed by atoms with van der Waals surface area (Å²) in [6.07, 6.45) is 0.399. The number of amides is 1. The Labute approximate surface area is 102 Å². The number of carbonyl (C=O) groups is 1. The number of nitrogens with zero attached hydrogens (tertiary/aromatic N) is 2. The number of nitrogens with one attached hydrogen (secondary N) is 1. The standard InChI is InChI=1S/C11H13N3O4/c1-6-9-2-7(3-13-11(9)18-14-6)10(17)12-4-8(16)5-15/h2-3,8,15-16H,4-5H2,1H3,(H,12,17). The van der Waals surface area contributed by atoms with Gasteiger partial charge in [-0.05, 0) is 13.0 Å². The molecule has 0 aromatic carbocycles. The van der Waals surface area contributed by atoms with E-state index in [9.17, 15) is 4.79 Å². The molecule has 2 heterocycles. The van der Waals surface area contributed by atoms with Gasteiger partial charge in [-0.25, -0.2) is 4.98 Å². The van der Waals surface area contributed by atoms with Crippen molar-refractivity contribution in [2.75, 3.05) is 13.2 Å². The van der Waals surface area contributed by atoms with Crippen LogP contribution in [0.15, 0.2) is 16.8 Å². The maximum atomic E-state index is 11.7. The topological polar surface area (TPSA) is 108 Å². The van der Waals surface area contributed by atoms with E-state index in [1.165, 1.54) is 6.20 Å². The van der Waals surface area contributed by atoms with E-state index in [0.717, 1.165) is 0 Å². The Morgan fingerprint density at radius 2 is 2.39 bits per heavy atom. The van der Waals surface area contributed by atoms with E-state index in [0.29, 0.717) is 22.4 Å². The molecule has 0 fully saturated rings. The molecular weight excluding hydrogens is 238 g/mol. The molecule has 0 spiro atoms. The van der Waals surface area contributed by atoms with Crippen LogP contribution in [0.4, 0.5) is 0 Å². The summed E-state index contributed by atoms with van der Waals surface area (Å²) >= 11 is 0. The molecule has 0 saturated carbocycles. The molecule has 0 aliphatic heterocycles. The van der Waals surface area contributed by atoms with E-state index in [1.54, 1.807) is 13.0 Å². The summed E-state index contributed by atoms with van der Waals surface area (Å²) in [6, 6.07) is 1.62. The zero-order valence-electron chi connectivity index (χ0n) is 9.75. The summed E-state index contributed by atoms with van der Waals surface area (Å²) < 4.78 is 4.93. The fourth-order valence-electron chi connectivity index (χ4n) is 1.45. The minimum absolute atomic E-state index is 0.0179. The van der Waals surface area contributed by atoms with Crippen LogP contribution in [0, 0.1) is 6.92 Å². The van der Waals surface area contributed by atoms with Crippen molar-refractivity contribution in [1.82, 2.24) is 15.5 Å². The molecule has 1 unspecified atom stereocenters. The molecule has 7 nitrogen and oxygen atoms in total. The van der Waals surface area contributed by atoms with Gasteiger partial charge in [0, 0.05) is 12.7 Å². The van der Waals surface area contributed by atoms with Crippen molar-refractivity contribution in [2.24, 2.45) is 0 Å². The second kappa shape index (κ2) is 5.11. The van der Waals surface area contributed by atoms with Crippen LogP contribution in [0.1, 0.15) is 16.1 Å². The average Bonchev–Trinajstić information content (AvgIpc) is 2.76. The Morgan fingerprint density at radius 1 is 1.61 bits per heavy atom. The van der Waals surface area contributed by atoms with Gasteiger partial charge in [0.05, 0.1) is 29.4 Å². The van der Waals surface area contributed by atoms with E-state index < -0.39 is 12.7 Å². The molecule has 7 heteroatoms. The summed E-state index contributed by atoms with van der Waals surface area (Å²) in [5.41, 5.74) is 1.38. The molecule has 18 heavy (non-hydrogen) atoms. The minimum Gasteiger partial charge on any atom is -0.394 e. The predicted octanol–water partition coefficient (Wildman–Crippen LogP) is -0.386. The molecule has 0 aliphatic rings. The quantitative estimate of drug-likeness (QED) is 0.683. The van der Waals surface area contributed by atoms with E-state index in [-0.39, 0.29) is 12.5 Å². The number of aliphatic hydroxyl groups excluding tert-OH is 2. The van der Waals surface area contributed by atoms with Gasteiger partial charge < -0.3 is 20.1 Å². The van der Waals surface area contributed by atoms with Crippen molar-refractivity contribution in [3.8, 4) is 0 Å². The van der Waals surface area contributed by atoms with Crippen LogP contribution in [-0.2, 0) is 0 Å². The smallest absolute Gasteiger partial charge is 0.257 e. The molecule has 1 amide bonds. The molecule has 2 rings (SSSR count). The van der Waals surface area contributed by atoms with Crippen LogP contribution in [0.5, 0.6) is 0 Å². The van der Waals surface area contributed by atoms with Gasteiger partial charge in [-0.15, -0.1) is 0 Å². The third-order valence-corrected chi connectivity index (χ3v) is 2.48. The molecule has 2 aromatic rings. The molecular formula is C11H13N3O4. The van der Waals surface area contributed by atoms with Crippen LogP contribution >= 0.6 is 0 Å². The number of rotatable bonds is 4. The van der Waals surface area contributed by atoms with Crippen LogP contribution in [0.25, 0.3) is 11.1 Å². The fraction of sp³-hybridized carbons (Fsp3) is 0.364. The van der Waals surface area contributed by atoms with E-state index >= 15 is 0 Å². The Morgan fingerprint density at radius 3 is 3.11 bits per heavy atom. The second-order valence-corrected chi connectivity index (χ2v) is 3.89. The first kappa shape index (κ1) is 12.5. The van der Waals surface area contributed by atoms with Crippen molar-refractivity contribution in [1.29, 1.82) is 0 Å². The highest BCUT2D eigenvalue weighted by Gasteiger charge is 2.12. The highest BCUT2D eigenvalue weighted by molar-refractivity contribution is 5.96. The van der Waals surface area contributed by atoms with Crippen molar-refractivity contribution < 1.29 is 19.5 Å². The number of fused-ring (bicyclic) bond motifs is 1. The van der Waals surface area contributed by atoms with Crippen molar-refractivity contribution in [3.63, 3.8) is 0 Å². The summed E-state index contributed by atoms with van der Waals surface area (Å²) in [6.45, 7) is 1.34. The largest absolute Gasteiger partial charge is 0.394 e. The lowest BCUT2D eigenvalue weighted by Gasteiger charge is -2.08. The van der Waals surface area contributed by atoms with Gasteiger partial charge in [-0.3, -0.25) is 4.79 Å². The second-order valence-electron chi connectivity index (χ2n) is 3.89. The van der Waals surface area contributed by atoms with Gasteiger partial charge in [0.1, 0.15) is 0 Å². The number of pyridine rings is 1. The van der Waals surface area contributed by atoms with Crippen LogP contribution in [0.2, 0.25) is 0 Å². The molecule has 1 atom stereocenters. The fourth-order valence-corrected chi connectivity index (χ4v) is 1.45. The zero-order chi connectivity index (χ0) is 13.1. The summed E-state index contributed by atoms with van der Waals surface area (Å²) in [7, 11) is 0. The lowest BCUT2D eigenvalue weighted by atomic mass is 10.2. The third-order valence-electron chi connectivity index (χ3n) is 2.48. The van der Waals surface area contributed by atoms with Gasteiger partial charge in [-0.2, -0.15) is 0 Å². The van der Waals surface area contributed by atoms with E-state index in [1.807, 2.05) is 0 Å². The van der Waals surface area contributed by atoms with Gasteiger partial charge in [0.25, 0.3) is 11.6 Å². The number of aromatic nitrogens is 2. The number of aryl methyl sites for hydroxylation is 1. The predicted molar refractivity (Wildman–Crippen MR) is 62.0 cm³/mol. The highest BCUT2D eigenvalue weighted by atomic mass is 16.5. The maximum absolute atomic E-state index is 11.7. The Balaban J connectivity index is 2.15. The molecule has 0 radical (unpaired) electrons. The van der Waals surface area contributed by atoms with Crippen LogP contribution in [0.3, 0.4) is 0 Å². The summed E-state index contributed by atoms with van der Waals surface area (Å²) in [4.78, 5) is 15.7. The molecule has 0 aliphatic carbocycles. The Hall–Kier alpha value is -1.99. The minimum atomic E-state index is -0.969. The van der Waals surface area contributed by atoms with Crippen LogP contribution in [-0.4, -0.2) is 45.5 Å². The first-order valence-corrected chi connectivity index (χ1v) is 5.41. The number of hydrogen-bond acceptors (Lipinski definition) is 6. The SMILES string of the molecule is Cc1noc2ncc(C(=O)NCC(O)CO)cc12. The van der Waals surface area contributed by atoms with Gasteiger partial charge in [0.2, 0.25) is 0 Å².